The Bertz CT molecular complexity index is 703. The molecule has 1 N–H and O–H groups in total. The molecule has 0 saturated carbocycles. The summed E-state index contributed by atoms with van der Waals surface area (Å²) in [6.07, 6.45) is 0.415. The maximum Gasteiger partial charge on any atom is 0.200 e. The molecule has 0 aliphatic rings. The van der Waals surface area contributed by atoms with E-state index in [9.17, 15) is 22.0 Å². The zero-order chi connectivity index (χ0) is 17.0. The van der Waals surface area contributed by atoms with Crippen LogP contribution in [0.4, 0.5) is 22.0 Å². The second kappa shape index (κ2) is 7.19. The van der Waals surface area contributed by atoms with Crippen LogP contribution < -0.4 is 0 Å². The number of oxime groups is 1. The SMILES string of the molecule is OCc1ccc(CO/N=C/c2c(F)c(F)c(F)c(F)c2F)cc1. The molecule has 3 nitrogen and oxygen atoms in total. The monoisotopic (exact) mass is 331 g/mol. The number of nitrogens with zero attached hydrogens (tertiary/aromatic N) is 1. The van der Waals surface area contributed by atoms with Gasteiger partial charge in [0.1, 0.15) is 6.61 Å². The van der Waals surface area contributed by atoms with Crippen molar-refractivity contribution in [2.45, 2.75) is 13.2 Å². The summed E-state index contributed by atoms with van der Waals surface area (Å²) in [7, 11) is 0. The van der Waals surface area contributed by atoms with E-state index < -0.39 is 34.6 Å². The van der Waals surface area contributed by atoms with Gasteiger partial charge in [0.15, 0.2) is 23.3 Å². The van der Waals surface area contributed by atoms with Crippen LogP contribution in [0.15, 0.2) is 29.4 Å². The van der Waals surface area contributed by atoms with Crippen LogP contribution in [-0.4, -0.2) is 11.3 Å². The molecule has 122 valence electrons. The molecule has 0 spiro atoms. The third kappa shape index (κ3) is 3.65. The van der Waals surface area contributed by atoms with Crippen LogP contribution in [0, 0.1) is 29.1 Å². The Morgan fingerprint density at radius 1 is 0.826 bits per heavy atom. The minimum atomic E-state index is -2.23. The van der Waals surface area contributed by atoms with E-state index in [1.54, 1.807) is 24.3 Å². The highest BCUT2D eigenvalue weighted by molar-refractivity contribution is 5.80. The van der Waals surface area contributed by atoms with Crippen molar-refractivity contribution in [3.05, 3.63) is 70.0 Å². The highest BCUT2D eigenvalue weighted by Crippen LogP contribution is 2.21. The highest BCUT2D eigenvalue weighted by Gasteiger charge is 2.24. The number of benzene rings is 2. The van der Waals surface area contributed by atoms with Crippen LogP contribution in [0.25, 0.3) is 0 Å². The number of aliphatic hydroxyl groups is 1. The Morgan fingerprint density at radius 3 is 1.83 bits per heavy atom. The molecule has 2 aromatic carbocycles. The molecule has 23 heavy (non-hydrogen) atoms. The first kappa shape index (κ1) is 16.9. The quantitative estimate of drug-likeness (QED) is 0.300. The first-order valence-electron chi connectivity index (χ1n) is 6.31. The molecule has 0 aliphatic carbocycles. The molecule has 2 aromatic rings. The molecule has 0 amide bonds. The molecule has 0 atom stereocenters. The number of hydrogen-bond acceptors (Lipinski definition) is 3. The van der Waals surface area contributed by atoms with Crippen LogP contribution in [0.1, 0.15) is 16.7 Å². The third-order valence-corrected chi connectivity index (χ3v) is 2.94. The summed E-state index contributed by atoms with van der Waals surface area (Å²) in [5, 5.41) is 12.1. The van der Waals surface area contributed by atoms with E-state index in [1.807, 2.05) is 0 Å². The van der Waals surface area contributed by atoms with Gasteiger partial charge in [-0.05, 0) is 11.1 Å². The molecule has 0 aliphatic heterocycles. The van der Waals surface area contributed by atoms with Crippen LogP contribution in [0.5, 0.6) is 0 Å². The van der Waals surface area contributed by atoms with Gasteiger partial charge in [-0.1, -0.05) is 29.4 Å². The van der Waals surface area contributed by atoms with E-state index >= 15 is 0 Å². The van der Waals surface area contributed by atoms with Gasteiger partial charge in [-0.25, -0.2) is 22.0 Å². The summed E-state index contributed by atoms with van der Waals surface area (Å²) in [5.74, 6) is -10.3. The average Bonchev–Trinajstić information content (AvgIpc) is 2.58. The lowest BCUT2D eigenvalue weighted by Gasteiger charge is -2.04. The fourth-order valence-corrected chi connectivity index (χ4v) is 1.68. The van der Waals surface area contributed by atoms with Gasteiger partial charge >= 0.3 is 0 Å². The predicted octanol–water partition coefficient (Wildman–Crippen LogP) is 3.43. The van der Waals surface area contributed by atoms with Crippen LogP contribution in [0.3, 0.4) is 0 Å². The normalized spacial score (nSPS) is 11.2. The molecule has 0 unspecified atom stereocenters. The molecule has 0 heterocycles. The number of aliphatic hydroxyl groups excluding tert-OH is 1. The lowest BCUT2D eigenvalue weighted by Crippen LogP contribution is -2.06. The van der Waals surface area contributed by atoms with Crippen LogP contribution in [-0.2, 0) is 18.1 Å². The summed E-state index contributed by atoms with van der Waals surface area (Å²) >= 11 is 0. The maximum atomic E-state index is 13.3. The largest absolute Gasteiger partial charge is 0.392 e. The van der Waals surface area contributed by atoms with Gasteiger partial charge < -0.3 is 9.94 Å². The van der Waals surface area contributed by atoms with Gasteiger partial charge in [0.2, 0.25) is 5.82 Å². The molecule has 8 heteroatoms. The Hall–Kier alpha value is -2.48. The van der Waals surface area contributed by atoms with Crippen molar-refractivity contribution in [3.63, 3.8) is 0 Å². The van der Waals surface area contributed by atoms with E-state index in [1.165, 1.54) is 0 Å². The molecule has 2 rings (SSSR count). The Kier molecular flexibility index (Phi) is 5.28. The fraction of sp³-hybridized carbons (Fsp3) is 0.133. The summed E-state index contributed by atoms with van der Waals surface area (Å²) in [5.41, 5.74) is 0.132. The molecule has 0 bridgehead atoms. The zero-order valence-corrected chi connectivity index (χ0v) is 11.5. The third-order valence-electron chi connectivity index (χ3n) is 2.94. The maximum absolute atomic E-state index is 13.3. The lowest BCUT2D eigenvalue weighted by atomic mass is 10.1. The first-order chi connectivity index (χ1) is 11.0. The van der Waals surface area contributed by atoms with Gasteiger partial charge in [-0.15, -0.1) is 0 Å². The molecule has 0 fully saturated rings. The average molecular weight is 331 g/mol. The van der Waals surface area contributed by atoms with Crippen molar-refractivity contribution in [1.29, 1.82) is 0 Å². The second-order valence-electron chi connectivity index (χ2n) is 4.47. The predicted molar refractivity (Wildman–Crippen MR) is 71.0 cm³/mol. The van der Waals surface area contributed by atoms with Gasteiger partial charge in [0.05, 0.1) is 18.4 Å². The molecular formula is C15H10F5NO2. The fourth-order valence-electron chi connectivity index (χ4n) is 1.68. The Morgan fingerprint density at radius 2 is 1.30 bits per heavy atom. The van der Waals surface area contributed by atoms with Gasteiger partial charge in [-0.2, -0.15) is 0 Å². The topological polar surface area (TPSA) is 41.8 Å². The van der Waals surface area contributed by atoms with Crippen molar-refractivity contribution in [3.8, 4) is 0 Å². The van der Waals surface area contributed by atoms with Gasteiger partial charge in [-0.3, -0.25) is 0 Å². The second-order valence-corrected chi connectivity index (χ2v) is 4.47. The van der Waals surface area contributed by atoms with Crippen molar-refractivity contribution in [2.75, 3.05) is 0 Å². The minimum absolute atomic E-state index is 0.0857. The number of hydrogen-bond donors (Lipinski definition) is 1. The number of rotatable bonds is 5. The lowest BCUT2D eigenvalue weighted by molar-refractivity contribution is 0.132. The van der Waals surface area contributed by atoms with Gasteiger partial charge in [0.25, 0.3) is 0 Å². The van der Waals surface area contributed by atoms with Crippen molar-refractivity contribution in [1.82, 2.24) is 0 Å². The summed E-state index contributed by atoms with van der Waals surface area (Å²) in [4.78, 5) is 4.75. The summed E-state index contributed by atoms with van der Waals surface area (Å²) in [6, 6.07) is 6.51. The molecule has 0 saturated heterocycles. The van der Waals surface area contributed by atoms with E-state index in [2.05, 4.69) is 5.16 Å². The summed E-state index contributed by atoms with van der Waals surface area (Å²) in [6.45, 7) is -0.211. The van der Waals surface area contributed by atoms with Crippen molar-refractivity contribution in [2.24, 2.45) is 5.16 Å². The zero-order valence-electron chi connectivity index (χ0n) is 11.5. The number of halogens is 5. The van der Waals surface area contributed by atoms with Gasteiger partial charge in [0, 0.05) is 0 Å². The minimum Gasteiger partial charge on any atom is -0.392 e. The van der Waals surface area contributed by atoms with E-state index in [0.717, 1.165) is 0 Å². The van der Waals surface area contributed by atoms with Crippen LogP contribution in [0.2, 0.25) is 0 Å². The van der Waals surface area contributed by atoms with E-state index in [4.69, 9.17) is 9.94 Å². The molecule has 0 radical (unpaired) electrons. The Balaban J connectivity index is 2.09. The first-order valence-corrected chi connectivity index (χ1v) is 6.31. The standard InChI is InChI=1S/C15H10F5NO2/c16-11-10(12(17)14(19)15(20)13(11)18)5-21-23-7-9-3-1-8(6-22)2-4-9/h1-5,22H,6-7H2/b21-5+. The van der Waals surface area contributed by atoms with Crippen molar-refractivity contribution >= 4 is 6.21 Å². The Labute approximate surface area is 127 Å². The smallest absolute Gasteiger partial charge is 0.200 e. The molecular weight excluding hydrogens is 321 g/mol. The van der Waals surface area contributed by atoms with E-state index in [0.29, 0.717) is 17.3 Å². The molecule has 0 aromatic heterocycles. The van der Waals surface area contributed by atoms with E-state index in [-0.39, 0.29) is 13.2 Å². The summed E-state index contributed by atoms with van der Waals surface area (Å²) < 4.78 is 65.5. The highest BCUT2D eigenvalue weighted by atomic mass is 19.2. The van der Waals surface area contributed by atoms with Crippen molar-refractivity contribution < 1.29 is 31.9 Å². The van der Waals surface area contributed by atoms with Crippen LogP contribution >= 0.6 is 0 Å².